The molecule has 0 saturated heterocycles. The van der Waals surface area contributed by atoms with Crippen molar-refractivity contribution in [1.82, 2.24) is 4.72 Å². The van der Waals surface area contributed by atoms with Crippen LogP contribution in [0.2, 0.25) is 0 Å². The number of aliphatic hydroxyl groups is 1. The monoisotopic (exact) mass is 449 g/mol. The number of hydrogen-bond acceptors (Lipinski definition) is 4. The first-order chi connectivity index (χ1) is 14.2. The number of alkyl halides is 2. The Kier molecular flexibility index (Phi) is 5.30. The van der Waals surface area contributed by atoms with E-state index in [1.54, 1.807) is 12.1 Å². The molecule has 8 heteroatoms. The maximum atomic E-state index is 13.8. The van der Waals surface area contributed by atoms with Gasteiger partial charge in [0, 0.05) is 21.9 Å². The van der Waals surface area contributed by atoms with E-state index in [4.69, 9.17) is 5.11 Å². The van der Waals surface area contributed by atoms with Crippen LogP contribution in [-0.4, -0.2) is 26.2 Å². The van der Waals surface area contributed by atoms with Crippen LogP contribution in [0.5, 0.6) is 0 Å². The van der Waals surface area contributed by atoms with Crippen molar-refractivity contribution in [3.8, 4) is 10.4 Å². The third kappa shape index (κ3) is 3.92. The predicted molar refractivity (Wildman–Crippen MR) is 113 cm³/mol. The van der Waals surface area contributed by atoms with Gasteiger partial charge in [0.05, 0.1) is 0 Å². The molecule has 2 atom stereocenters. The Labute approximate surface area is 178 Å². The number of halogens is 2. The Bertz CT molecular complexity index is 1160. The van der Waals surface area contributed by atoms with Gasteiger partial charge in [-0.15, -0.1) is 11.3 Å². The van der Waals surface area contributed by atoms with E-state index in [9.17, 15) is 17.2 Å². The number of rotatable bonds is 7. The summed E-state index contributed by atoms with van der Waals surface area (Å²) < 4.78 is 56.2. The lowest BCUT2D eigenvalue weighted by Crippen LogP contribution is -2.29. The summed E-state index contributed by atoms with van der Waals surface area (Å²) in [5, 5.41) is 8.90. The highest BCUT2D eigenvalue weighted by molar-refractivity contribution is 7.91. The van der Waals surface area contributed by atoms with E-state index in [0.717, 1.165) is 16.9 Å². The predicted octanol–water partition coefficient (Wildman–Crippen LogP) is 4.51. The molecule has 158 valence electrons. The highest BCUT2D eigenvalue weighted by atomic mass is 32.2. The number of nitrogens with one attached hydrogen (secondary N) is 1. The van der Waals surface area contributed by atoms with E-state index in [-0.39, 0.29) is 21.2 Å². The first kappa shape index (κ1) is 21.1. The minimum absolute atomic E-state index is 0.138. The third-order valence-electron chi connectivity index (χ3n) is 5.58. The lowest BCUT2D eigenvalue weighted by atomic mass is 9.98. The molecule has 4 nitrogen and oxygen atoms in total. The van der Waals surface area contributed by atoms with Crippen molar-refractivity contribution >= 4 is 21.4 Å². The number of aliphatic hydroxyl groups excluding tert-OH is 1. The fourth-order valence-electron chi connectivity index (χ4n) is 3.53. The maximum Gasteiger partial charge on any atom is 0.295 e. The van der Waals surface area contributed by atoms with Gasteiger partial charge >= 0.3 is 0 Å². The highest BCUT2D eigenvalue weighted by Gasteiger charge is 2.53. The van der Waals surface area contributed by atoms with Crippen LogP contribution in [0.25, 0.3) is 10.4 Å². The molecule has 1 heterocycles. The van der Waals surface area contributed by atoms with Crippen molar-refractivity contribution in [2.45, 2.75) is 34.9 Å². The average Bonchev–Trinajstić information content (AvgIpc) is 3.16. The smallest absolute Gasteiger partial charge is 0.295 e. The number of benzene rings is 2. The molecule has 1 aliphatic rings. The van der Waals surface area contributed by atoms with Crippen LogP contribution in [0.15, 0.2) is 70.9 Å². The van der Waals surface area contributed by atoms with Crippen LogP contribution < -0.4 is 4.72 Å². The first-order valence-corrected chi connectivity index (χ1v) is 11.7. The average molecular weight is 450 g/mol. The van der Waals surface area contributed by atoms with Gasteiger partial charge < -0.3 is 5.11 Å². The third-order valence-corrected chi connectivity index (χ3v) is 8.68. The molecule has 1 fully saturated rings. The minimum atomic E-state index is -3.73. The van der Waals surface area contributed by atoms with Crippen molar-refractivity contribution in [3.05, 3.63) is 77.9 Å². The van der Waals surface area contributed by atoms with Gasteiger partial charge in [-0.05, 0) is 35.7 Å². The molecule has 1 aliphatic carbocycles. The molecule has 0 aliphatic heterocycles. The fraction of sp³-hybridized carbons (Fsp3) is 0.273. The molecule has 30 heavy (non-hydrogen) atoms. The zero-order valence-electron chi connectivity index (χ0n) is 16.2. The molecule has 1 aromatic heterocycles. The number of hydrogen-bond donors (Lipinski definition) is 2. The Balaban J connectivity index is 1.54. The SMILES string of the molecule is C[C@]1(c2ccccc2)C[C@@H]1NS(=O)(=O)c1ccc(-c2cccc(C(F)(F)CO)c2)s1. The molecule has 1 saturated carbocycles. The van der Waals surface area contributed by atoms with Gasteiger partial charge in [0.1, 0.15) is 10.8 Å². The summed E-state index contributed by atoms with van der Waals surface area (Å²) in [4.78, 5) is 0.563. The van der Waals surface area contributed by atoms with Crippen LogP contribution in [0.3, 0.4) is 0 Å². The molecule has 0 unspecified atom stereocenters. The topological polar surface area (TPSA) is 66.4 Å². The fourth-order valence-corrected chi connectivity index (χ4v) is 6.20. The van der Waals surface area contributed by atoms with Crippen molar-refractivity contribution in [2.24, 2.45) is 0 Å². The molecule has 3 aromatic rings. The Morgan fingerprint density at radius 2 is 1.87 bits per heavy atom. The van der Waals surface area contributed by atoms with Gasteiger partial charge in [-0.1, -0.05) is 55.5 Å². The largest absolute Gasteiger partial charge is 0.390 e. The molecule has 2 aromatic carbocycles. The Morgan fingerprint density at radius 3 is 2.57 bits per heavy atom. The van der Waals surface area contributed by atoms with Crippen LogP contribution in [-0.2, 0) is 21.4 Å². The zero-order chi connectivity index (χ0) is 21.6. The van der Waals surface area contributed by atoms with E-state index in [0.29, 0.717) is 16.9 Å². The van der Waals surface area contributed by atoms with Crippen LogP contribution >= 0.6 is 11.3 Å². The van der Waals surface area contributed by atoms with Crippen LogP contribution in [0.1, 0.15) is 24.5 Å². The lowest BCUT2D eigenvalue weighted by Gasteiger charge is -2.14. The summed E-state index contributed by atoms with van der Waals surface area (Å²) in [7, 11) is -3.73. The molecule has 0 amide bonds. The van der Waals surface area contributed by atoms with E-state index in [2.05, 4.69) is 4.72 Å². The van der Waals surface area contributed by atoms with Crippen molar-refractivity contribution in [2.75, 3.05) is 6.61 Å². The van der Waals surface area contributed by atoms with Gasteiger partial charge in [0.15, 0.2) is 0 Å². The van der Waals surface area contributed by atoms with E-state index >= 15 is 0 Å². The maximum absolute atomic E-state index is 13.8. The van der Waals surface area contributed by atoms with E-state index in [1.807, 2.05) is 37.3 Å². The van der Waals surface area contributed by atoms with Crippen molar-refractivity contribution < 1.29 is 22.3 Å². The molecule has 0 radical (unpaired) electrons. The zero-order valence-corrected chi connectivity index (χ0v) is 17.8. The summed E-state index contributed by atoms with van der Waals surface area (Å²) >= 11 is 1.03. The second-order valence-corrected chi connectivity index (χ2v) is 10.7. The summed E-state index contributed by atoms with van der Waals surface area (Å²) in [5.41, 5.74) is 1.02. The van der Waals surface area contributed by atoms with Gasteiger partial charge in [0.25, 0.3) is 5.92 Å². The molecule has 0 spiro atoms. The number of thiophene rings is 1. The molecule has 2 N–H and O–H groups in total. The summed E-state index contributed by atoms with van der Waals surface area (Å²) in [5.74, 6) is -3.35. The minimum Gasteiger partial charge on any atom is -0.390 e. The Morgan fingerprint density at radius 1 is 1.13 bits per heavy atom. The summed E-state index contributed by atoms with van der Waals surface area (Å²) in [6.07, 6.45) is 0.715. The second-order valence-electron chi connectivity index (χ2n) is 7.72. The van der Waals surface area contributed by atoms with E-state index < -0.39 is 22.6 Å². The Hall–Kier alpha value is -2.13. The molecular weight excluding hydrogens is 428 g/mol. The van der Waals surface area contributed by atoms with Gasteiger partial charge in [0.2, 0.25) is 10.0 Å². The highest BCUT2D eigenvalue weighted by Crippen LogP contribution is 2.48. The van der Waals surface area contributed by atoms with E-state index in [1.165, 1.54) is 24.3 Å². The second kappa shape index (κ2) is 7.53. The normalized spacial score (nSPS) is 21.5. The quantitative estimate of drug-likeness (QED) is 0.558. The summed E-state index contributed by atoms with van der Waals surface area (Å²) in [6.45, 7) is 0.744. The van der Waals surface area contributed by atoms with Gasteiger partial charge in [-0.3, -0.25) is 0 Å². The van der Waals surface area contributed by atoms with Crippen molar-refractivity contribution in [3.63, 3.8) is 0 Å². The van der Waals surface area contributed by atoms with Crippen LogP contribution in [0.4, 0.5) is 8.78 Å². The molecule has 0 bridgehead atoms. The number of sulfonamides is 1. The van der Waals surface area contributed by atoms with Gasteiger partial charge in [-0.25, -0.2) is 13.1 Å². The molecular formula is C22H21F2NO3S2. The van der Waals surface area contributed by atoms with Crippen LogP contribution in [0, 0.1) is 0 Å². The lowest BCUT2D eigenvalue weighted by molar-refractivity contribution is -0.0555. The van der Waals surface area contributed by atoms with Gasteiger partial charge in [-0.2, -0.15) is 8.78 Å². The first-order valence-electron chi connectivity index (χ1n) is 9.43. The van der Waals surface area contributed by atoms with Crippen molar-refractivity contribution in [1.29, 1.82) is 0 Å². The summed E-state index contributed by atoms with van der Waals surface area (Å²) in [6, 6.07) is 18.3. The standard InChI is InChI=1S/C22H21F2NO3S2/c1-21(16-7-3-2-4-8-16)13-19(21)25-30(27,28)20-11-10-18(29-20)15-6-5-9-17(12-15)22(23,24)14-26/h2-12,19,25-26H,13-14H2,1H3/t19-,21+/m0/s1. The molecule has 4 rings (SSSR count).